The Bertz CT molecular complexity index is 668. The number of allylic oxidation sites excluding steroid dienone is 1. The van der Waals surface area contributed by atoms with Crippen molar-refractivity contribution in [1.29, 1.82) is 0 Å². The summed E-state index contributed by atoms with van der Waals surface area (Å²) in [5.74, 6) is 3.64. The van der Waals surface area contributed by atoms with E-state index in [2.05, 4.69) is 11.8 Å². The third kappa shape index (κ3) is 3.40. The summed E-state index contributed by atoms with van der Waals surface area (Å²) in [6.07, 6.45) is 2.12. The summed E-state index contributed by atoms with van der Waals surface area (Å²) in [5.41, 5.74) is 0.0286. The van der Waals surface area contributed by atoms with Crippen LogP contribution >= 0.6 is 22.6 Å². The van der Waals surface area contributed by atoms with Crippen molar-refractivity contribution in [2.24, 2.45) is 0 Å². The number of carbonyl (C=O) groups is 1. The predicted octanol–water partition coefficient (Wildman–Crippen LogP) is 3.37. The molecule has 0 N–H and O–H groups in total. The Kier molecular flexibility index (Phi) is 5.40. The highest BCUT2D eigenvalue weighted by atomic mass is 127. The van der Waals surface area contributed by atoms with Crippen molar-refractivity contribution in [1.82, 2.24) is 4.90 Å². The monoisotopic (exact) mass is 417 g/mol. The lowest BCUT2D eigenvalue weighted by molar-refractivity contribution is -0.126. The number of halogens is 3. The number of alkyl halides is 1. The van der Waals surface area contributed by atoms with Gasteiger partial charge in [-0.05, 0) is 13.3 Å². The summed E-state index contributed by atoms with van der Waals surface area (Å²) in [6.45, 7) is 1.71. The first kappa shape index (κ1) is 16.7. The lowest BCUT2D eigenvalue weighted by Crippen LogP contribution is -2.35. The molecule has 0 saturated heterocycles. The van der Waals surface area contributed by atoms with Crippen molar-refractivity contribution in [2.45, 2.75) is 17.3 Å². The molecule has 0 radical (unpaired) electrons. The maximum Gasteiger partial charge on any atom is 0.240 e. The molecular formula is C16H14F2INO2. The van der Waals surface area contributed by atoms with Crippen molar-refractivity contribution in [3.8, 4) is 17.6 Å². The first-order chi connectivity index (χ1) is 10.5. The number of hydrogen-bond acceptors (Lipinski definition) is 2. The molecule has 1 heterocycles. The highest BCUT2D eigenvalue weighted by Gasteiger charge is 2.29. The summed E-state index contributed by atoms with van der Waals surface area (Å²) < 4.78 is 33.5. The zero-order valence-corrected chi connectivity index (χ0v) is 14.3. The molecule has 116 valence electrons. The average Bonchev–Trinajstić information content (AvgIpc) is 2.47. The van der Waals surface area contributed by atoms with Crippen LogP contribution in [0, 0.1) is 23.5 Å². The number of hydrogen-bond donors (Lipinski definition) is 0. The number of nitrogens with zero attached hydrogens (tertiary/aromatic N) is 1. The maximum absolute atomic E-state index is 14.3. The van der Waals surface area contributed by atoms with Gasteiger partial charge in [0.1, 0.15) is 24.0 Å². The summed E-state index contributed by atoms with van der Waals surface area (Å²) in [4.78, 5) is 13.2. The Labute approximate surface area is 141 Å². The fraction of sp³-hybridized carbons (Fsp3) is 0.312. The van der Waals surface area contributed by atoms with Crippen LogP contribution in [0.25, 0.3) is 5.70 Å². The number of benzene rings is 1. The van der Waals surface area contributed by atoms with Crippen molar-refractivity contribution in [3.05, 3.63) is 35.4 Å². The molecule has 22 heavy (non-hydrogen) atoms. The van der Waals surface area contributed by atoms with Gasteiger partial charge >= 0.3 is 0 Å². The summed E-state index contributed by atoms with van der Waals surface area (Å²) in [5, 5.41) is 0. The van der Waals surface area contributed by atoms with Crippen LogP contribution in [0.5, 0.6) is 5.75 Å². The Balaban J connectivity index is 2.36. The molecule has 0 spiro atoms. The number of amides is 1. The number of ether oxygens (including phenoxy) is 1. The van der Waals surface area contributed by atoms with Crippen LogP contribution < -0.4 is 4.74 Å². The third-order valence-corrected chi connectivity index (χ3v) is 4.28. The summed E-state index contributed by atoms with van der Waals surface area (Å²) >= 11 is 2.01. The lowest BCUT2D eigenvalue weighted by atomic mass is 10.0. The minimum Gasteiger partial charge on any atom is -0.481 e. The van der Waals surface area contributed by atoms with Gasteiger partial charge in [-0.15, -0.1) is 5.92 Å². The van der Waals surface area contributed by atoms with E-state index in [1.165, 1.54) is 11.9 Å². The van der Waals surface area contributed by atoms with E-state index in [4.69, 9.17) is 4.74 Å². The standard InChI is InChI=1S/C16H14F2INO2/c1-3-4-7-22-10-8-11(17)15(12(18)9-10)14-6-5-13(19)16(21)20(14)2/h6,8-9,13H,5,7H2,1-2H3. The van der Waals surface area contributed by atoms with E-state index in [9.17, 15) is 13.6 Å². The second kappa shape index (κ2) is 7.09. The molecule has 6 heteroatoms. The van der Waals surface area contributed by atoms with Gasteiger partial charge in [0, 0.05) is 19.2 Å². The van der Waals surface area contributed by atoms with Crippen LogP contribution in [0.2, 0.25) is 0 Å². The van der Waals surface area contributed by atoms with Crippen LogP contribution in [-0.2, 0) is 4.79 Å². The Morgan fingerprint density at radius 2 is 2.05 bits per heavy atom. The van der Waals surface area contributed by atoms with Gasteiger partial charge in [-0.1, -0.05) is 34.6 Å². The van der Waals surface area contributed by atoms with Crippen molar-refractivity contribution in [3.63, 3.8) is 0 Å². The first-order valence-electron chi connectivity index (χ1n) is 6.59. The molecule has 1 atom stereocenters. The first-order valence-corrected chi connectivity index (χ1v) is 7.84. The Hall–Kier alpha value is -1.62. The molecule has 0 fully saturated rings. The van der Waals surface area contributed by atoms with Crippen LogP contribution in [0.1, 0.15) is 18.9 Å². The quantitative estimate of drug-likeness (QED) is 0.429. The molecular weight excluding hydrogens is 403 g/mol. The normalized spacial score (nSPS) is 17.7. The molecule has 1 aliphatic rings. The molecule has 0 bridgehead atoms. The molecule has 1 aromatic carbocycles. The van der Waals surface area contributed by atoms with E-state index >= 15 is 0 Å². The lowest BCUT2D eigenvalue weighted by Gasteiger charge is -2.28. The van der Waals surface area contributed by atoms with Crippen molar-refractivity contribution in [2.75, 3.05) is 13.7 Å². The second-order valence-corrected chi connectivity index (χ2v) is 6.17. The number of rotatable bonds is 3. The third-order valence-electron chi connectivity index (χ3n) is 3.24. The SMILES string of the molecule is CC#CCOc1cc(F)c(C2=CCC(I)C(=O)N2C)c(F)c1. The molecule has 0 aromatic heterocycles. The van der Waals surface area contributed by atoms with Gasteiger partial charge in [-0.3, -0.25) is 4.79 Å². The highest BCUT2D eigenvalue weighted by Crippen LogP contribution is 2.32. The van der Waals surface area contributed by atoms with Crippen LogP contribution in [0.3, 0.4) is 0 Å². The smallest absolute Gasteiger partial charge is 0.240 e. The maximum atomic E-state index is 14.3. The highest BCUT2D eigenvalue weighted by molar-refractivity contribution is 14.1. The zero-order valence-electron chi connectivity index (χ0n) is 12.1. The fourth-order valence-corrected chi connectivity index (χ4v) is 2.79. The van der Waals surface area contributed by atoms with Crippen LogP contribution in [0.4, 0.5) is 8.78 Å². The van der Waals surface area contributed by atoms with Gasteiger partial charge in [-0.2, -0.15) is 0 Å². The van der Waals surface area contributed by atoms with E-state index in [0.29, 0.717) is 6.42 Å². The summed E-state index contributed by atoms with van der Waals surface area (Å²) in [7, 11) is 1.51. The Morgan fingerprint density at radius 1 is 1.41 bits per heavy atom. The minimum absolute atomic E-state index is 0.0618. The molecule has 1 unspecified atom stereocenters. The van der Waals surface area contributed by atoms with Gasteiger partial charge in [0.25, 0.3) is 0 Å². The van der Waals surface area contributed by atoms with E-state index in [1.807, 2.05) is 22.6 Å². The fourth-order valence-electron chi connectivity index (χ4n) is 2.12. The molecule has 0 aliphatic carbocycles. The van der Waals surface area contributed by atoms with E-state index in [-0.39, 0.29) is 33.4 Å². The van der Waals surface area contributed by atoms with Crippen molar-refractivity contribution >= 4 is 34.2 Å². The number of carbonyl (C=O) groups excluding carboxylic acids is 1. The minimum atomic E-state index is -0.766. The molecule has 1 aromatic rings. The topological polar surface area (TPSA) is 29.5 Å². The average molecular weight is 417 g/mol. The van der Waals surface area contributed by atoms with Crippen LogP contribution in [0.15, 0.2) is 18.2 Å². The molecule has 0 saturated carbocycles. The molecule has 1 aliphatic heterocycles. The van der Waals surface area contributed by atoms with Gasteiger partial charge in [0.05, 0.1) is 15.2 Å². The summed E-state index contributed by atoms with van der Waals surface area (Å²) in [6, 6.07) is 2.20. The largest absolute Gasteiger partial charge is 0.481 e. The Morgan fingerprint density at radius 3 is 2.64 bits per heavy atom. The van der Waals surface area contributed by atoms with Crippen molar-refractivity contribution < 1.29 is 18.3 Å². The van der Waals surface area contributed by atoms with E-state index in [1.54, 1.807) is 13.0 Å². The van der Waals surface area contributed by atoms with Gasteiger partial charge in [-0.25, -0.2) is 8.78 Å². The zero-order chi connectivity index (χ0) is 16.3. The van der Waals surface area contributed by atoms with Gasteiger partial charge < -0.3 is 9.64 Å². The molecule has 3 nitrogen and oxygen atoms in total. The second-order valence-electron chi connectivity index (χ2n) is 4.67. The van der Waals surface area contributed by atoms with Gasteiger partial charge in [0.2, 0.25) is 5.91 Å². The van der Waals surface area contributed by atoms with E-state index in [0.717, 1.165) is 12.1 Å². The van der Waals surface area contributed by atoms with E-state index < -0.39 is 11.6 Å². The molecule has 1 amide bonds. The van der Waals surface area contributed by atoms with Crippen LogP contribution in [-0.4, -0.2) is 28.4 Å². The predicted molar refractivity (Wildman–Crippen MR) is 88.5 cm³/mol. The van der Waals surface area contributed by atoms with Gasteiger partial charge in [0.15, 0.2) is 0 Å². The molecule has 2 rings (SSSR count).